The Labute approximate surface area is 91.5 Å². The molecule has 2 aromatic rings. The van der Waals surface area contributed by atoms with Crippen molar-refractivity contribution in [3.05, 3.63) is 47.5 Å². The van der Waals surface area contributed by atoms with Crippen molar-refractivity contribution in [2.75, 3.05) is 5.73 Å². The summed E-state index contributed by atoms with van der Waals surface area (Å²) in [6.45, 7) is 0. The number of pyridine rings is 1. The summed E-state index contributed by atoms with van der Waals surface area (Å²) in [6.07, 6.45) is 3.06. The van der Waals surface area contributed by atoms with E-state index in [1.54, 1.807) is 24.4 Å². The molecule has 0 amide bonds. The molecule has 0 bridgehead atoms. The molecule has 15 heavy (non-hydrogen) atoms. The van der Waals surface area contributed by atoms with E-state index in [2.05, 4.69) is 4.98 Å². The predicted octanol–water partition coefficient (Wildman–Crippen LogP) is 3.12. The first-order valence-electron chi connectivity index (χ1n) is 4.33. The molecular weight excluding hydrogens is 215 g/mol. The molecule has 0 aliphatic rings. The first-order chi connectivity index (χ1) is 7.18. The van der Waals surface area contributed by atoms with E-state index in [1.165, 1.54) is 12.3 Å². The lowest BCUT2D eigenvalue weighted by atomic mass is 10.1. The van der Waals surface area contributed by atoms with Gasteiger partial charge < -0.3 is 5.73 Å². The van der Waals surface area contributed by atoms with E-state index >= 15 is 0 Å². The molecule has 0 unspecified atom stereocenters. The summed E-state index contributed by atoms with van der Waals surface area (Å²) in [5.41, 5.74) is 7.19. The molecule has 1 aromatic carbocycles. The lowest BCUT2D eigenvalue weighted by Gasteiger charge is -2.06. The van der Waals surface area contributed by atoms with Gasteiger partial charge in [-0.2, -0.15) is 0 Å². The molecule has 0 saturated carbocycles. The first kappa shape index (κ1) is 9.93. The molecule has 0 saturated heterocycles. The third-order valence-corrected chi connectivity index (χ3v) is 2.31. The third kappa shape index (κ3) is 1.92. The normalized spacial score (nSPS) is 10.3. The van der Waals surface area contributed by atoms with Crippen molar-refractivity contribution in [2.24, 2.45) is 0 Å². The number of halogens is 2. The fourth-order valence-corrected chi connectivity index (χ4v) is 1.52. The maximum atomic E-state index is 13.6. The van der Waals surface area contributed by atoms with Crippen LogP contribution in [-0.4, -0.2) is 4.98 Å². The van der Waals surface area contributed by atoms with Crippen LogP contribution in [0.2, 0.25) is 5.02 Å². The van der Waals surface area contributed by atoms with Gasteiger partial charge in [-0.05, 0) is 24.3 Å². The molecule has 0 fully saturated rings. The van der Waals surface area contributed by atoms with E-state index in [0.717, 1.165) is 0 Å². The summed E-state index contributed by atoms with van der Waals surface area (Å²) in [5, 5.41) is 0.365. The highest BCUT2D eigenvalue weighted by molar-refractivity contribution is 6.30. The van der Waals surface area contributed by atoms with Gasteiger partial charge in [0.1, 0.15) is 5.82 Å². The summed E-state index contributed by atoms with van der Waals surface area (Å²) >= 11 is 5.66. The lowest BCUT2D eigenvalue weighted by molar-refractivity contribution is 0.631. The molecule has 0 atom stereocenters. The maximum Gasteiger partial charge on any atom is 0.132 e. The number of nitrogens with zero attached hydrogens (tertiary/aromatic N) is 1. The van der Waals surface area contributed by atoms with Crippen LogP contribution < -0.4 is 5.73 Å². The molecule has 2 rings (SSSR count). The molecule has 0 spiro atoms. The molecule has 1 heterocycles. The van der Waals surface area contributed by atoms with Gasteiger partial charge in [0.2, 0.25) is 0 Å². The Balaban J connectivity index is 2.60. The van der Waals surface area contributed by atoms with E-state index in [9.17, 15) is 4.39 Å². The highest BCUT2D eigenvalue weighted by Gasteiger charge is 2.08. The fraction of sp³-hybridized carbons (Fsp3) is 0. The molecule has 4 heteroatoms. The Morgan fingerprint density at radius 2 is 2.00 bits per heavy atom. The van der Waals surface area contributed by atoms with Gasteiger partial charge in [0.05, 0.1) is 11.9 Å². The number of nitrogens with two attached hydrogens (primary N) is 1. The Kier molecular flexibility index (Phi) is 2.56. The minimum absolute atomic E-state index is 0.365. The standard InChI is InChI=1S/C11H8ClFN2/c12-7-1-2-8(10(13)5-7)9-3-4-15-6-11(9)14/h1-6H,14H2. The van der Waals surface area contributed by atoms with E-state index < -0.39 is 0 Å². The van der Waals surface area contributed by atoms with Crippen molar-refractivity contribution in [1.29, 1.82) is 0 Å². The van der Waals surface area contributed by atoms with Gasteiger partial charge in [-0.3, -0.25) is 4.98 Å². The Bertz CT molecular complexity index is 500. The van der Waals surface area contributed by atoms with E-state index in [-0.39, 0.29) is 5.82 Å². The number of hydrogen-bond donors (Lipinski definition) is 1. The lowest BCUT2D eigenvalue weighted by Crippen LogP contribution is -1.92. The predicted molar refractivity (Wildman–Crippen MR) is 59.1 cm³/mol. The van der Waals surface area contributed by atoms with Crippen LogP contribution in [0.5, 0.6) is 0 Å². The topological polar surface area (TPSA) is 38.9 Å². The van der Waals surface area contributed by atoms with Crippen LogP contribution in [0, 0.1) is 5.82 Å². The molecule has 2 N–H and O–H groups in total. The fourth-order valence-electron chi connectivity index (χ4n) is 1.36. The van der Waals surface area contributed by atoms with E-state index in [1.807, 2.05) is 0 Å². The molecule has 1 aromatic heterocycles. The smallest absolute Gasteiger partial charge is 0.132 e. The molecular formula is C11H8ClFN2. The highest BCUT2D eigenvalue weighted by atomic mass is 35.5. The number of anilines is 1. The Hall–Kier alpha value is -1.61. The van der Waals surface area contributed by atoms with Crippen LogP contribution in [0.25, 0.3) is 11.1 Å². The van der Waals surface area contributed by atoms with Crippen LogP contribution in [0.15, 0.2) is 36.7 Å². The Morgan fingerprint density at radius 1 is 1.20 bits per heavy atom. The van der Waals surface area contributed by atoms with Crippen LogP contribution in [0.3, 0.4) is 0 Å². The van der Waals surface area contributed by atoms with Crippen LogP contribution >= 0.6 is 11.6 Å². The summed E-state index contributed by atoms with van der Waals surface area (Å²) < 4.78 is 13.6. The van der Waals surface area contributed by atoms with Crippen molar-refractivity contribution < 1.29 is 4.39 Å². The molecule has 0 aliphatic carbocycles. The minimum Gasteiger partial charge on any atom is -0.397 e. The van der Waals surface area contributed by atoms with Crippen molar-refractivity contribution in [1.82, 2.24) is 4.98 Å². The second kappa shape index (κ2) is 3.87. The molecule has 2 nitrogen and oxygen atoms in total. The average molecular weight is 223 g/mol. The summed E-state index contributed by atoms with van der Waals surface area (Å²) in [6, 6.07) is 6.15. The van der Waals surface area contributed by atoms with Crippen LogP contribution in [-0.2, 0) is 0 Å². The van der Waals surface area contributed by atoms with Crippen LogP contribution in [0.1, 0.15) is 0 Å². The van der Waals surface area contributed by atoms with Crippen molar-refractivity contribution in [3.8, 4) is 11.1 Å². The summed E-state index contributed by atoms with van der Waals surface area (Å²) in [7, 11) is 0. The SMILES string of the molecule is Nc1cnccc1-c1ccc(Cl)cc1F. The van der Waals surface area contributed by atoms with E-state index in [4.69, 9.17) is 17.3 Å². The van der Waals surface area contributed by atoms with Gasteiger partial charge in [0.25, 0.3) is 0 Å². The van der Waals surface area contributed by atoms with Crippen molar-refractivity contribution >= 4 is 17.3 Å². The highest BCUT2D eigenvalue weighted by Crippen LogP contribution is 2.28. The summed E-state index contributed by atoms with van der Waals surface area (Å²) in [4.78, 5) is 3.84. The van der Waals surface area contributed by atoms with Crippen molar-refractivity contribution in [2.45, 2.75) is 0 Å². The zero-order valence-corrected chi connectivity index (χ0v) is 8.50. The maximum absolute atomic E-state index is 13.6. The zero-order chi connectivity index (χ0) is 10.8. The minimum atomic E-state index is -0.389. The number of rotatable bonds is 1. The van der Waals surface area contributed by atoms with Gasteiger partial charge in [-0.15, -0.1) is 0 Å². The second-order valence-corrected chi connectivity index (χ2v) is 3.52. The van der Waals surface area contributed by atoms with Crippen LogP contribution in [0.4, 0.5) is 10.1 Å². The van der Waals surface area contributed by atoms with Gasteiger partial charge in [0, 0.05) is 22.3 Å². The number of benzene rings is 1. The molecule has 0 aliphatic heterocycles. The van der Waals surface area contributed by atoms with Gasteiger partial charge in [0.15, 0.2) is 0 Å². The molecule has 0 radical (unpaired) electrons. The average Bonchev–Trinajstić information content (AvgIpc) is 2.20. The van der Waals surface area contributed by atoms with Gasteiger partial charge in [-0.1, -0.05) is 11.6 Å². The summed E-state index contributed by atoms with van der Waals surface area (Å²) in [5.74, 6) is -0.389. The molecule has 76 valence electrons. The number of hydrogen-bond acceptors (Lipinski definition) is 2. The van der Waals surface area contributed by atoms with E-state index in [0.29, 0.717) is 21.8 Å². The second-order valence-electron chi connectivity index (χ2n) is 3.09. The number of aromatic nitrogens is 1. The third-order valence-electron chi connectivity index (χ3n) is 2.07. The van der Waals surface area contributed by atoms with Gasteiger partial charge >= 0.3 is 0 Å². The number of nitrogen functional groups attached to an aromatic ring is 1. The first-order valence-corrected chi connectivity index (χ1v) is 4.71. The monoisotopic (exact) mass is 222 g/mol. The quantitative estimate of drug-likeness (QED) is 0.805. The largest absolute Gasteiger partial charge is 0.397 e. The van der Waals surface area contributed by atoms with Gasteiger partial charge in [-0.25, -0.2) is 4.39 Å². The van der Waals surface area contributed by atoms with Crippen molar-refractivity contribution in [3.63, 3.8) is 0 Å². The Morgan fingerprint density at radius 3 is 2.67 bits per heavy atom. The zero-order valence-electron chi connectivity index (χ0n) is 7.74.